The van der Waals surface area contributed by atoms with Crippen LogP contribution >= 0.6 is 11.6 Å². The molecule has 2 unspecified atom stereocenters. The van der Waals surface area contributed by atoms with Gasteiger partial charge in [0.05, 0.1) is 24.3 Å². The fourth-order valence-electron chi connectivity index (χ4n) is 3.28. The lowest BCUT2D eigenvalue weighted by atomic mass is 9.87. The van der Waals surface area contributed by atoms with Crippen molar-refractivity contribution in [2.75, 3.05) is 0 Å². The number of aliphatic hydroxyl groups is 1. The zero-order valence-electron chi connectivity index (χ0n) is 13.9. The summed E-state index contributed by atoms with van der Waals surface area (Å²) in [5, 5.41) is 11.7. The smallest absolute Gasteiger partial charge is 0.132 e. The fourth-order valence-corrected chi connectivity index (χ4v) is 3.40. The Kier molecular flexibility index (Phi) is 3.78. The SMILES string of the molecule is CC1(C)Oc2ccncc2C(n2cncc2-c2ccc(Cl)cc2)C1O. The number of hydrogen-bond donors (Lipinski definition) is 1. The fraction of sp³-hybridized carbons (Fsp3) is 0.263. The molecule has 1 N–H and O–H groups in total. The van der Waals surface area contributed by atoms with Gasteiger partial charge in [0, 0.05) is 23.0 Å². The van der Waals surface area contributed by atoms with Crippen LogP contribution in [-0.4, -0.2) is 31.3 Å². The number of fused-ring (bicyclic) bond motifs is 1. The van der Waals surface area contributed by atoms with Crippen LogP contribution in [0.1, 0.15) is 25.5 Å². The van der Waals surface area contributed by atoms with Crippen molar-refractivity contribution in [3.8, 4) is 17.0 Å². The summed E-state index contributed by atoms with van der Waals surface area (Å²) in [5.41, 5.74) is 1.97. The molecule has 1 aliphatic heterocycles. The Bertz CT molecular complexity index is 905. The summed E-state index contributed by atoms with van der Waals surface area (Å²) in [5.74, 6) is 0.728. The van der Waals surface area contributed by atoms with E-state index in [2.05, 4.69) is 9.97 Å². The number of benzene rings is 1. The summed E-state index contributed by atoms with van der Waals surface area (Å²) in [4.78, 5) is 8.52. The number of rotatable bonds is 2. The summed E-state index contributed by atoms with van der Waals surface area (Å²) < 4.78 is 7.95. The Labute approximate surface area is 150 Å². The summed E-state index contributed by atoms with van der Waals surface area (Å²) in [6, 6.07) is 9.05. The van der Waals surface area contributed by atoms with Crippen molar-refractivity contribution in [1.29, 1.82) is 0 Å². The van der Waals surface area contributed by atoms with Crippen molar-refractivity contribution in [2.24, 2.45) is 0 Å². The van der Waals surface area contributed by atoms with E-state index in [-0.39, 0.29) is 6.04 Å². The van der Waals surface area contributed by atoms with Crippen LogP contribution in [0.3, 0.4) is 0 Å². The largest absolute Gasteiger partial charge is 0.485 e. The molecule has 0 bridgehead atoms. The van der Waals surface area contributed by atoms with Crippen molar-refractivity contribution < 1.29 is 9.84 Å². The van der Waals surface area contributed by atoms with E-state index in [0.29, 0.717) is 5.02 Å². The van der Waals surface area contributed by atoms with Crippen LogP contribution in [-0.2, 0) is 0 Å². The molecule has 0 amide bonds. The highest BCUT2D eigenvalue weighted by Crippen LogP contribution is 2.42. The second-order valence-electron chi connectivity index (χ2n) is 6.70. The number of halogens is 1. The maximum absolute atomic E-state index is 11.0. The summed E-state index contributed by atoms with van der Waals surface area (Å²) in [6.07, 6.45) is 6.19. The maximum atomic E-state index is 11.0. The van der Waals surface area contributed by atoms with Gasteiger partial charge in [-0.25, -0.2) is 4.98 Å². The number of hydrogen-bond acceptors (Lipinski definition) is 4. The second-order valence-corrected chi connectivity index (χ2v) is 7.14. The van der Waals surface area contributed by atoms with Crippen LogP contribution < -0.4 is 4.74 Å². The Morgan fingerprint density at radius 2 is 1.88 bits per heavy atom. The highest BCUT2D eigenvalue weighted by Gasteiger charge is 2.44. The number of aromatic nitrogens is 3. The van der Waals surface area contributed by atoms with E-state index in [1.54, 1.807) is 24.9 Å². The standard InChI is InChI=1S/C19H18ClN3O2/c1-19(2)18(24)17(14-9-21-8-7-16(14)25-19)23-11-22-10-15(23)12-3-5-13(20)6-4-12/h3-11,17-18,24H,1-2H3. The van der Waals surface area contributed by atoms with Gasteiger partial charge in [-0.3, -0.25) is 4.98 Å². The monoisotopic (exact) mass is 355 g/mol. The van der Waals surface area contributed by atoms with Crippen molar-refractivity contribution in [3.05, 3.63) is 65.8 Å². The van der Waals surface area contributed by atoms with Crippen LogP contribution in [0.15, 0.2) is 55.2 Å². The first-order valence-corrected chi connectivity index (χ1v) is 8.44. The van der Waals surface area contributed by atoms with Crippen molar-refractivity contribution in [2.45, 2.75) is 31.6 Å². The van der Waals surface area contributed by atoms with Gasteiger partial charge in [0.2, 0.25) is 0 Å². The third-order valence-corrected chi connectivity index (χ3v) is 4.87. The van der Waals surface area contributed by atoms with Crippen molar-refractivity contribution in [3.63, 3.8) is 0 Å². The molecule has 1 aliphatic rings. The molecule has 6 heteroatoms. The lowest BCUT2D eigenvalue weighted by Gasteiger charge is -2.42. The first-order valence-electron chi connectivity index (χ1n) is 8.06. The Balaban J connectivity index is 1.87. The first kappa shape index (κ1) is 16.1. The molecule has 5 nitrogen and oxygen atoms in total. The average Bonchev–Trinajstić information content (AvgIpc) is 3.05. The van der Waals surface area contributed by atoms with Gasteiger partial charge in [0.1, 0.15) is 17.5 Å². The Morgan fingerprint density at radius 1 is 1.12 bits per heavy atom. The summed E-state index contributed by atoms with van der Waals surface area (Å²) >= 11 is 6.00. The van der Waals surface area contributed by atoms with Gasteiger partial charge >= 0.3 is 0 Å². The molecule has 0 fully saturated rings. The molecule has 1 aromatic carbocycles. The Morgan fingerprint density at radius 3 is 2.64 bits per heavy atom. The minimum atomic E-state index is -0.760. The molecular weight excluding hydrogens is 338 g/mol. The van der Waals surface area contributed by atoms with Gasteiger partial charge in [0.25, 0.3) is 0 Å². The van der Waals surface area contributed by atoms with E-state index in [1.807, 2.05) is 48.7 Å². The number of nitrogens with zero attached hydrogens (tertiary/aromatic N) is 3. The molecule has 0 saturated carbocycles. The average molecular weight is 356 g/mol. The number of aliphatic hydroxyl groups excluding tert-OH is 1. The molecule has 0 saturated heterocycles. The van der Waals surface area contributed by atoms with Gasteiger partial charge in [-0.15, -0.1) is 0 Å². The third-order valence-electron chi connectivity index (χ3n) is 4.62. The second kappa shape index (κ2) is 5.86. The molecule has 0 radical (unpaired) electrons. The lowest BCUT2D eigenvalue weighted by Crippen LogP contribution is -2.50. The normalized spacial score (nSPS) is 21.4. The molecular formula is C19H18ClN3O2. The van der Waals surface area contributed by atoms with Crippen LogP contribution in [0.4, 0.5) is 0 Å². The van der Waals surface area contributed by atoms with E-state index < -0.39 is 11.7 Å². The van der Waals surface area contributed by atoms with Crippen LogP contribution in [0.2, 0.25) is 5.02 Å². The van der Waals surface area contributed by atoms with E-state index in [9.17, 15) is 5.11 Å². The molecule has 2 atom stereocenters. The van der Waals surface area contributed by atoms with Gasteiger partial charge < -0.3 is 14.4 Å². The predicted molar refractivity (Wildman–Crippen MR) is 95.8 cm³/mol. The summed E-state index contributed by atoms with van der Waals surface area (Å²) in [7, 11) is 0. The quantitative estimate of drug-likeness (QED) is 0.761. The van der Waals surface area contributed by atoms with E-state index in [4.69, 9.17) is 16.3 Å². The number of imidazole rings is 1. The molecule has 3 aromatic rings. The van der Waals surface area contributed by atoms with Gasteiger partial charge in [-0.1, -0.05) is 23.7 Å². The van der Waals surface area contributed by atoms with E-state index in [0.717, 1.165) is 22.6 Å². The van der Waals surface area contributed by atoms with E-state index in [1.165, 1.54) is 0 Å². The molecule has 128 valence electrons. The van der Waals surface area contributed by atoms with Crippen LogP contribution in [0.25, 0.3) is 11.3 Å². The molecule has 0 spiro atoms. The highest BCUT2D eigenvalue weighted by atomic mass is 35.5. The van der Waals surface area contributed by atoms with Crippen molar-refractivity contribution >= 4 is 11.6 Å². The molecule has 3 heterocycles. The molecule has 2 aromatic heterocycles. The summed E-state index contributed by atoms with van der Waals surface area (Å²) in [6.45, 7) is 3.76. The topological polar surface area (TPSA) is 60.2 Å². The van der Waals surface area contributed by atoms with Gasteiger partial charge in [0.15, 0.2) is 0 Å². The molecule has 4 rings (SSSR count). The van der Waals surface area contributed by atoms with Gasteiger partial charge in [-0.05, 0) is 37.6 Å². The molecule has 0 aliphatic carbocycles. The zero-order chi connectivity index (χ0) is 17.6. The van der Waals surface area contributed by atoms with Crippen LogP contribution in [0.5, 0.6) is 5.75 Å². The van der Waals surface area contributed by atoms with E-state index >= 15 is 0 Å². The van der Waals surface area contributed by atoms with Crippen molar-refractivity contribution in [1.82, 2.24) is 14.5 Å². The Hall–Kier alpha value is -2.37. The predicted octanol–water partition coefficient (Wildman–Crippen LogP) is 3.72. The number of pyridine rings is 1. The van der Waals surface area contributed by atoms with Gasteiger partial charge in [-0.2, -0.15) is 0 Å². The third kappa shape index (κ3) is 2.69. The lowest BCUT2D eigenvalue weighted by molar-refractivity contribution is -0.0635. The first-order chi connectivity index (χ1) is 12.0. The van der Waals surface area contributed by atoms with Crippen LogP contribution in [0, 0.1) is 0 Å². The number of ether oxygens (including phenoxy) is 1. The minimum Gasteiger partial charge on any atom is -0.485 e. The highest BCUT2D eigenvalue weighted by molar-refractivity contribution is 6.30. The minimum absolute atomic E-state index is 0.347. The molecule has 25 heavy (non-hydrogen) atoms. The zero-order valence-corrected chi connectivity index (χ0v) is 14.7. The maximum Gasteiger partial charge on any atom is 0.132 e.